The van der Waals surface area contributed by atoms with Gasteiger partial charge in [-0.15, -0.1) is 0 Å². The van der Waals surface area contributed by atoms with Crippen molar-refractivity contribution in [3.8, 4) is 5.75 Å². The van der Waals surface area contributed by atoms with Crippen molar-refractivity contribution < 1.29 is 19.3 Å². The first-order chi connectivity index (χ1) is 13.6. The maximum atomic E-state index is 12.3. The average Bonchev–Trinajstić information content (AvgIpc) is 2.71. The number of carbonyl (C=O) groups excluding carboxylic acids is 1. The molecule has 0 aromatic heterocycles. The number of quaternary nitrogens is 2. The van der Waals surface area contributed by atoms with E-state index in [0.29, 0.717) is 13.2 Å². The van der Waals surface area contributed by atoms with E-state index >= 15 is 0 Å². The van der Waals surface area contributed by atoms with Gasteiger partial charge in [0.2, 0.25) is 0 Å². The van der Waals surface area contributed by atoms with E-state index in [4.69, 9.17) is 16.3 Å². The van der Waals surface area contributed by atoms with Gasteiger partial charge in [-0.1, -0.05) is 30.7 Å². The minimum Gasteiger partial charge on any atom is -0.488 e. The number of hydrogen-bond acceptors (Lipinski definition) is 2. The molecule has 3 N–H and O–H groups in total. The average molecular weight is 404 g/mol. The Morgan fingerprint density at radius 1 is 1.00 bits per heavy atom. The number of ether oxygens (including phenoxy) is 1. The highest BCUT2D eigenvalue weighted by Gasteiger charge is 2.24. The van der Waals surface area contributed by atoms with Crippen LogP contribution in [0.4, 0.5) is 5.69 Å². The standard InChI is InChI=1S/C22H28ClN3O2/c1-2-18-3-7-20(8-4-18)24-22(27)17-26-13-11-25(12-14-26)15-16-28-21-9-5-19(23)6-10-21/h3-10H,2,11-17H2,1H3,(H,24,27)/p+2. The molecule has 0 radical (unpaired) electrons. The molecule has 0 spiro atoms. The van der Waals surface area contributed by atoms with Crippen LogP contribution in [-0.2, 0) is 11.2 Å². The van der Waals surface area contributed by atoms with Crippen LogP contribution < -0.4 is 19.9 Å². The molecule has 6 heteroatoms. The highest BCUT2D eigenvalue weighted by atomic mass is 35.5. The highest BCUT2D eigenvalue weighted by molar-refractivity contribution is 6.30. The number of rotatable bonds is 8. The Morgan fingerprint density at radius 3 is 2.29 bits per heavy atom. The molecule has 1 saturated heterocycles. The summed E-state index contributed by atoms with van der Waals surface area (Å²) in [5.41, 5.74) is 2.16. The Hall–Kier alpha value is -2.08. The summed E-state index contributed by atoms with van der Waals surface area (Å²) in [6.45, 7) is 8.49. The summed E-state index contributed by atoms with van der Waals surface area (Å²) in [4.78, 5) is 15.2. The van der Waals surface area contributed by atoms with E-state index < -0.39 is 0 Å². The second-order valence-electron chi connectivity index (χ2n) is 7.33. The fraction of sp³-hybridized carbons (Fsp3) is 0.409. The van der Waals surface area contributed by atoms with Crippen molar-refractivity contribution in [2.75, 3.05) is 51.2 Å². The first kappa shape index (κ1) is 20.6. The highest BCUT2D eigenvalue weighted by Crippen LogP contribution is 2.15. The van der Waals surface area contributed by atoms with Crippen LogP contribution in [0.15, 0.2) is 48.5 Å². The first-order valence-electron chi connectivity index (χ1n) is 10.1. The molecular weight excluding hydrogens is 374 g/mol. The Labute approximate surface area is 172 Å². The minimum absolute atomic E-state index is 0.0915. The van der Waals surface area contributed by atoms with E-state index in [9.17, 15) is 4.79 Å². The number of aryl methyl sites for hydroxylation is 1. The molecule has 150 valence electrons. The maximum absolute atomic E-state index is 12.3. The largest absolute Gasteiger partial charge is 0.488 e. The second-order valence-corrected chi connectivity index (χ2v) is 7.76. The molecule has 3 rings (SSSR count). The number of anilines is 1. The predicted molar refractivity (Wildman–Crippen MR) is 113 cm³/mol. The lowest BCUT2D eigenvalue weighted by atomic mass is 10.1. The van der Waals surface area contributed by atoms with Crippen LogP contribution in [0.25, 0.3) is 0 Å². The molecule has 0 bridgehead atoms. The number of hydrogen-bond donors (Lipinski definition) is 3. The molecule has 0 atom stereocenters. The van der Waals surface area contributed by atoms with Crippen molar-refractivity contribution in [2.45, 2.75) is 13.3 Å². The molecule has 28 heavy (non-hydrogen) atoms. The third kappa shape index (κ3) is 6.51. The first-order valence-corrected chi connectivity index (χ1v) is 10.4. The fourth-order valence-electron chi connectivity index (χ4n) is 3.48. The van der Waals surface area contributed by atoms with Gasteiger partial charge < -0.3 is 19.9 Å². The summed E-state index contributed by atoms with van der Waals surface area (Å²) in [7, 11) is 0. The number of benzene rings is 2. The Morgan fingerprint density at radius 2 is 1.64 bits per heavy atom. The van der Waals surface area contributed by atoms with E-state index in [0.717, 1.165) is 55.6 Å². The smallest absolute Gasteiger partial charge is 0.279 e. The summed E-state index contributed by atoms with van der Waals surface area (Å²) in [6.07, 6.45) is 1.01. The summed E-state index contributed by atoms with van der Waals surface area (Å²) in [5.74, 6) is 0.950. The molecule has 2 aromatic rings. The van der Waals surface area contributed by atoms with Gasteiger partial charge in [-0.3, -0.25) is 4.79 Å². The van der Waals surface area contributed by atoms with E-state index in [1.807, 2.05) is 36.4 Å². The monoisotopic (exact) mass is 403 g/mol. The number of carbonyl (C=O) groups is 1. The lowest BCUT2D eigenvalue weighted by Gasteiger charge is -2.29. The minimum atomic E-state index is 0.0915. The lowest BCUT2D eigenvalue weighted by molar-refractivity contribution is -1.01. The van der Waals surface area contributed by atoms with Crippen molar-refractivity contribution in [2.24, 2.45) is 0 Å². The molecular formula is C22H30ClN3O2+2. The third-order valence-corrected chi connectivity index (χ3v) is 5.51. The summed E-state index contributed by atoms with van der Waals surface area (Å²) in [5, 5.41) is 3.73. The van der Waals surface area contributed by atoms with Crippen molar-refractivity contribution in [1.29, 1.82) is 0 Å². The van der Waals surface area contributed by atoms with E-state index in [-0.39, 0.29) is 5.91 Å². The van der Waals surface area contributed by atoms with Gasteiger partial charge in [-0.25, -0.2) is 0 Å². The molecule has 1 amide bonds. The van der Waals surface area contributed by atoms with Gasteiger partial charge in [0.25, 0.3) is 5.91 Å². The summed E-state index contributed by atoms with van der Waals surface area (Å²) >= 11 is 5.88. The van der Waals surface area contributed by atoms with Crippen molar-refractivity contribution >= 4 is 23.2 Å². The van der Waals surface area contributed by atoms with Crippen LogP contribution in [0.3, 0.4) is 0 Å². The maximum Gasteiger partial charge on any atom is 0.279 e. The van der Waals surface area contributed by atoms with Crippen LogP contribution in [0.1, 0.15) is 12.5 Å². The van der Waals surface area contributed by atoms with Crippen molar-refractivity contribution in [3.63, 3.8) is 0 Å². The zero-order chi connectivity index (χ0) is 19.8. The van der Waals surface area contributed by atoms with Gasteiger partial charge in [0.05, 0.1) is 0 Å². The molecule has 1 fully saturated rings. The predicted octanol–water partition coefficient (Wildman–Crippen LogP) is 0.703. The molecule has 0 aliphatic carbocycles. The van der Waals surface area contributed by atoms with Crippen LogP contribution in [-0.4, -0.2) is 51.8 Å². The Kier molecular flexibility index (Phi) is 7.71. The molecule has 1 aliphatic heterocycles. The molecule has 0 saturated carbocycles. The topological polar surface area (TPSA) is 47.2 Å². The molecule has 0 unspecified atom stereocenters. The molecule has 1 aliphatic rings. The van der Waals surface area contributed by atoms with Gasteiger partial charge in [0, 0.05) is 10.7 Å². The van der Waals surface area contributed by atoms with Crippen molar-refractivity contribution in [3.05, 3.63) is 59.1 Å². The lowest BCUT2D eigenvalue weighted by Crippen LogP contribution is -3.28. The molecule has 2 aromatic carbocycles. The van der Waals surface area contributed by atoms with Crippen LogP contribution in [0.2, 0.25) is 5.02 Å². The third-order valence-electron chi connectivity index (χ3n) is 5.26. The second kappa shape index (κ2) is 10.5. The zero-order valence-electron chi connectivity index (χ0n) is 16.5. The SMILES string of the molecule is CCc1ccc(NC(=O)C[NH+]2CC[NH+](CCOc3ccc(Cl)cc3)CC2)cc1. The molecule has 5 nitrogen and oxygen atoms in total. The number of amides is 1. The summed E-state index contributed by atoms with van der Waals surface area (Å²) < 4.78 is 5.79. The fourth-order valence-corrected chi connectivity index (χ4v) is 3.61. The Bertz CT molecular complexity index is 741. The summed E-state index contributed by atoms with van der Waals surface area (Å²) in [6, 6.07) is 15.6. The Balaban J connectivity index is 1.33. The number of piperazine rings is 1. The molecule has 1 heterocycles. The van der Waals surface area contributed by atoms with Crippen LogP contribution >= 0.6 is 11.6 Å². The van der Waals surface area contributed by atoms with Crippen LogP contribution in [0, 0.1) is 0 Å². The normalized spacial score (nSPS) is 19.2. The van der Waals surface area contributed by atoms with Gasteiger partial charge >= 0.3 is 0 Å². The van der Waals surface area contributed by atoms with Gasteiger partial charge in [0.1, 0.15) is 45.1 Å². The van der Waals surface area contributed by atoms with E-state index in [1.165, 1.54) is 15.4 Å². The zero-order valence-corrected chi connectivity index (χ0v) is 17.2. The van der Waals surface area contributed by atoms with Crippen molar-refractivity contribution in [1.82, 2.24) is 0 Å². The van der Waals surface area contributed by atoms with Gasteiger partial charge in [0.15, 0.2) is 6.54 Å². The van der Waals surface area contributed by atoms with Gasteiger partial charge in [-0.05, 0) is 48.4 Å². The quantitative estimate of drug-likeness (QED) is 0.607. The van der Waals surface area contributed by atoms with E-state index in [1.54, 1.807) is 0 Å². The number of halogens is 1. The van der Waals surface area contributed by atoms with Gasteiger partial charge in [-0.2, -0.15) is 0 Å². The number of nitrogens with one attached hydrogen (secondary N) is 3. The van der Waals surface area contributed by atoms with E-state index in [2.05, 4.69) is 24.4 Å². The van der Waals surface area contributed by atoms with Crippen LogP contribution in [0.5, 0.6) is 5.75 Å².